The number of aryl methyl sites for hydroxylation is 2. The molecule has 2 nitrogen and oxygen atoms in total. The first-order valence-corrected chi connectivity index (χ1v) is 6.79. The Labute approximate surface area is 118 Å². The van der Waals surface area contributed by atoms with Gasteiger partial charge in [0.2, 0.25) is 0 Å². The van der Waals surface area contributed by atoms with Crippen molar-refractivity contribution < 1.29 is 18.0 Å². The fourth-order valence-corrected chi connectivity index (χ4v) is 2.80. The average Bonchev–Trinajstić information content (AvgIpc) is 2.80. The van der Waals surface area contributed by atoms with Gasteiger partial charge in [-0.1, -0.05) is 6.92 Å². The molecule has 1 heterocycles. The van der Waals surface area contributed by atoms with Gasteiger partial charge in [0.1, 0.15) is 0 Å². The number of hydrogen-bond donors (Lipinski definition) is 1. The van der Waals surface area contributed by atoms with E-state index in [2.05, 4.69) is 5.32 Å². The van der Waals surface area contributed by atoms with E-state index in [-0.39, 0.29) is 5.69 Å². The highest BCUT2D eigenvalue weighted by Gasteiger charge is 2.17. The molecule has 2 aromatic rings. The highest BCUT2D eigenvalue weighted by atomic mass is 32.1. The number of thiophene rings is 1. The summed E-state index contributed by atoms with van der Waals surface area (Å²) in [6.45, 7) is 3.85. The van der Waals surface area contributed by atoms with Crippen LogP contribution in [0.3, 0.4) is 0 Å². The number of nitrogens with one attached hydrogen (secondary N) is 1. The molecule has 0 radical (unpaired) electrons. The molecule has 2 rings (SSSR count). The Morgan fingerprint density at radius 3 is 2.55 bits per heavy atom. The molecule has 20 heavy (non-hydrogen) atoms. The first kappa shape index (κ1) is 14.6. The quantitative estimate of drug-likeness (QED) is 0.842. The molecular weight excluding hydrogens is 287 g/mol. The maximum atomic E-state index is 13.5. The number of amides is 1. The lowest BCUT2D eigenvalue weighted by Crippen LogP contribution is -2.12. The molecule has 0 aliphatic rings. The molecule has 0 unspecified atom stereocenters. The van der Waals surface area contributed by atoms with Crippen molar-refractivity contribution in [3.8, 4) is 0 Å². The van der Waals surface area contributed by atoms with Gasteiger partial charge in [-0.05, 0) is 37.1 Å². The molecule has 0 fully saturated rings. The molecule has 106 valence electrons. The van der Waals surface area contributed by atoms with Gasteiger partial charge in [-0.25, -0.2) is 13.2 Å². The van der Waals surface area contributed by atoms with Crippen LogP contribution < -0.4 is 5.32 Å². The standard InChI is InChI=1S/C14H12F3NOS/c1-3-8-6-11(20-7(8)2)14(19)18-10-5-4-9(15)12(16)13(10)17/h4-6H,3H2,1-2H3,(H,18,19). The lowest BCUT2D eigenvalue weighted by Gasteiger charge is -2.05. The molecule has 1 aromatic heterocycles. The Hall–Kier alpha value is -1.82. The van der Waals surface area contributed by atoms with Crippen molar-refractivity contribution in [2.45, 2.75) is 20.3 Å². The molecule has 0 atom stereocenters. The van der Waals surface area contributed by atoms with Crippen molar-refractivity contribution in [2.24, 2.45) is 0 Å². The highest BCUT2D eigenvalue weighted by Crippen LogP contribution is 2.25. The number of rotatable bonds is 3. The predicted octanol–water partition coefficient (Wildman–Crippen LogP) is 4.29. The van der Waals surface area contributed by atoms with E-state index < -0.39 is 23.4 Å². The van der Waals surface area contributed by atoms with E-state index in [9.17, 15) is 18.0 Å². The fourth-order valence-electron chi connectivity index (χ4n) is 1.79. The van der Waals surface area contributed by atoms with Crippen LogP contribution in [0.1, 0.15) is 27.0 Å². The van der Waals surface area contributed by atoms with Gasteiger partial charge in [-0.3, -0.25) is 4.79 Å². The first-order valence-electron chi connectivity index (χ1n) is 5.98. The summed E-state index contributed by atoms with van der Waals surface area (Å²) in [7, 11) is 0. The largest absolute Gasteiger partial charge is 0.319 e. The molecule has 0 spiro atoms. The third-order valence-electron chi connectivity index (χ3n) is 2.91. The third-order valence-corrected chi connectivity index (χ3v) is 4.00. The lowest BCUT2D eigenvalue weighted by molar-refractivity contribution is 0.103. The minimum atomic E-state index is -1.60. The molecule has 1 amide bonds. The summed E-state index contributed by atoms with van der Waals surface area (Å²) in [5, 5.41) is 2.25. The van der Waals surface area contributed by atoms with Crippen molar-refractivity contribution in [1.29, 1.82) is 0 Å². The zero-order valence-corrected chi connectivity index (χ0v) is 11.7. The van der Waals surface area contributed by atoms with Gasteiger partial charge < -0.3 is 5.32 Å². The monoisotopic (exact) mass is 299 g/mol. The molecule has 6 heteroatoms. The van der Waals surface area contributed by atoms with Crippen LogP contribution in [-0.4, -0.2) is 5.91 Å². The Balaban J connectivity index is 2.25. The number of carbonyl (C=O) groups is 1. The molecule has 0 aliphatic heterocycles. The third kappa shape index (κ3) is 2.70. The molecule has 0 aliphatic carbocycles. The summed E-state index contributed by atoms with van der Waals surface area (Å²) in [4.78, 5) is 13.4. The van der Waals surface area contributed by atoms with Crippen LogP contribution in [0.5, 0.6) is 0 Å². The molecule has 0 saturated heterocycles. The maximum absolute atomic E-state index is 13.5. The first-order chi connectivity index (χ1) is 9.43. The Bertz CT molecular complexity index is 667. The lowest BCUT2D eigenvalue weighted by atomic mass is 10.2. The number of carbonyl (C=O) groups excluding carboxylic acids is 1. The van der Waals surface area contributed by atoms with Crippen LogP contribution in [-0.2, 0) is 6.42 Å². The second-order valence-electron chi connectivity index (χ2n) is 4.22. The van der Waals surface area contributed by atoms with Crippen LogP contribution in [0.2, 0.25) is 0 Å². The van der Waals surface area contributed by atoms with E-state index in [1.54, 1.807) is 6.07 Å². The second kappa shape index (κ2) is 5.66. The maximum Gasteiger partial charge on any atom is 0.265 e. The van der Waals surface area contributed by atoms with Crippen LogP contribution in [0.4, 0.5) is 18.9 Å². The minimum Gasteiger partial charge on any atom is -0.319 e. The Morgan fingerprint density at radius 1 is 1.25 bits per heavy atom. The molecule has 1 N–H and O–H groups in total. The van der Waals surface area contributed by atoms with Gasteiger partial charge in [0.15, 0.2) is 17.5 Å². The molecule has 1 aromatic carbocycles. The highest BCUT2D eigenvalue weighted by molar-refractivity contribution is 7.14. The van der Waals surface area contributed by atoms with Gasteiger partial charge in [-0.2, -0.15) is 0 Å². The van der Waals surface area contributed by atoms with Crippen molar-refractivity contribution in [3.63, 3.8) is 0 Å². The van der Waals surface area contributed by atoms with Crippen molar-refractivity contribution in [1.82, 2.24) is 0 Å². The van der Waals surface area contributed by atoms with Gasteiger partial charge in [-0.15, -0.1) is 11.3 Å². The van der Waals surface area contributed by atoms with Crippen molar-refractivity contribution in [3.05, 3.63) is 51.0 Å². The van der Waals surface area contributed by atoms with E-state index in [1.165, 1.54) is 11.3 Å². The van der Waals surface area contributed by atoms with Crippen molar-refractivity contribution >= 4 is 22.9 Å². The number of benzene rings is 1. The summed E-state index contributed by atoms with van der Waals surface area (Å²) in [5.41, 5.74) is 0.656. The van der Waals surface area contributed by atoms with Gasteiger partial charge in [0.25, 0.3) is 5.91 Å². The van der Waals surface area contributed by atoms with E-state index in [0.29, 0.717) is 4.88 Å². The van der Waals surface area contributed by atoms with Crippen LogP contribution in [0, 0.1) is 24.4 Å². The van der Waals surface area contributed by atoms with Crippen LogP contribution in [0.25, 0.3) is 0 Å². The number of halogens is 3. The average molecular weight is 299 g/mol. The zero-order chi connectivity index (χ0) is 14.9. The van der Waals surface area contributed by atoms with Crippen molar-refractivity contribution in [2.75, 3.05) is 5.32 Å². The van der Waals surface area contributed by atoms with Gasteiger partial charge in [0.05, 0.1) is 10.6 Å². The summed E-state index contributed by atoms with van der Waals surface area (Å²) >= 11 is 1.28. The zero-order valence-electron chi connectivity index (χ0n) is 10.9. The SMILES string of the molecule is CCc1cc(C(=O)Nc2ccc(F)c(F)c2F)sc1C. The van der Waals surface area contributed by atoms with Gasteiger partial charge >= 0.3 is 0 Å². The Morgan fingerprint density at radius 2 is 1.95 bits per heavy atom. The summed E-state index contributed by atoms with van der Waals surface area (Å²) in [6.07, 6.45) is 0.787. The molecular formula is C14H12F3NOS. The summed E-state index contributed by atoms with van der Waals surface area (Å²) in [5.74, 6) is -4.83. The normalized spacial score (nSPS) is 10.7. The van der Waals surface area contributed by atoms with Crippen LogP contribution in [0.15, 0.2) is 18.2 Å². The molecule has 0 saturated carbocycles. The van der Waals surface area contributed by atoms with Crippen LogP contribution >= 0.6 is 11.3 Å². The van der Waals surface area contributed by atoms with E-state index in [0.717, 1.165) is 29.0 Å². The summed E-state index contributed by atoms with van der Waals surface area (Å²) in [6, 6.07) is 3.48. The topological polar surface area (TPSA) is 29.1 Å². The number of anilines is 1. The Kier molecular flexibility index (Phi) is 4.13. The fraction of sp³-hybridized carbons (Fsp3) is 0.214. The van der Waals surface area contributed by atoms with E-state index >= 15 is 0 Å². The minimum absolute atomic E-state index is 0.377. The van der Waals surface area contributed by atoms with E-state index in [4.69, 9.17) is 0 Å². The summed E-state index contributed by atoms with van der Waals surface area (Å²) < 4.78 is 39.3. The van der Waals surface area contributed by atoms with E-state index in [1.807, 2.05) is 13.8 Å². The molecule has 0 bridgehead atoms. The predicted molar refractivity (Wildman–Crippen MR) is 72.7 cm³/mol. The second-order valence-corrected chi connectivity index (χ2v) is 5.48. The smallest absolute Gasteiger partial charge is 0.265 e. The number of hydrogen-bond acceptors (Lipinski definition) is 2. The van der Waals surface area contributed by atoms with Gasteiger partial charge in [0, 0.05) is 4.88 Å².